The van der Waals surface area contributed by atoms with Gasteiger partial charge >= 0.3 is 6.09 Å². The van der Waals surface area contributed by atoms with Crippen molar-refractivity contribution in [3.8, 4) is 22.3 Å². The number of carbonyl (C=O) groups is 1. The molecule has 5 aromatic rings. The number of nitrogens with zero attached hydrogens (tertiary/aromatic N) is 2. The van der Waals surface area contributed by atoms with E-state index < -0.39 is 15.6 Å². The second kappa shape index (κ2) is 15.5. The molecule has 4 aromatic carbocycles. The zero-order valence-electron chi connectivity index (χ0n) is 29.1. The van der Waals surface area contributed by atoms with E-state index >= 15 is 0 Å². The maximum atomic E-state index is 14.0. The highest BCUT2D eigenvalue weighted by molar-refractivity contribution is 7.89. The minimum absolute atomic E-state index is 0.111. The first-order valence-corrected chi connectivity index (χ1v) is 18.9. The van der Waals surface area contributed by atoms with E-state index in [2.05, 4.69) is 24.3 Å². The second-order valence-corrected chi connectivity index (χ2v) is 16.0. The molecule has 0 N–H and O–H groups in total. The molecule has 260 valence electrons. The summed E-state index contributed by atoms with van der Waals surface area (Å²) in [5.41, 5.74) is 5.41. The summed E-state index contributed by atoms with van der Waals surface area (Å²) < 4.78 is 40.7. The van der Waals surface area contributed by atoms with Crippen LogP contribution in [0, 0.1) is 0 Å². The van der Waals surface area contributed by atoms with Gasteiger partial charge in [-0.05, 0) is 91.3 Å². The van der Waals surface area contributed by atoms with E-state index in [1.54, 1.807) is 30.5 Å². The van der Waals surface area contributed by atoms with Gasteiger partial charge in [-0.2, -0.15) is 4.31 Å². The number of sulfonamides is 1. The maximum absolute atomic E-state index is 14.0. The Balaban J connectivity index is 1.16. The van der Waals surface area contributed by atoms with Crippen LogP contribution in [0.25, 0.3) is 22.3 Å². The van der Waals surface area contributed by atoms with Gasteiger partial charge < -0.3 is 14.1 Å². The van der Waals surface area contributed by atoms with E-state index in [0.717, 1.165) is 59.1 Å². The number of hydrogen-bond donors (Lipinski definition) is 0. The lowest BCUT2D eigenvalue weighted by atomic mass is 9.94. The molecule has 0 spiro atoms. The minimum atomic E-state index is -3.84. The van der Waals surface area contributed by atoms with Gasteiger partial charge in [0.05, 0.1) is 17.7 Å². The number of hydrogen-bond acceptors (Lipinski definition) is 5. The van der Waals surface area contributed by atoms with Crippen molar-refractivity contribution in [2.45, 2.75) is 89.0 Å². The van der Waals surface area contributed by atoms with Crippen LogP contribution in [0.4, 0.5) is 4.79 Å². The van der Waals surface area contributed by atoms with Crippen molar-refractivity contribution in [2.24, 2.45) is 0 Å². The zero-order valence-corrected chi connectivity index (χ0v) is 29.9. The molecule has 0 atom stereocenters. The monoisotopic (exact) mass is 690 g/mol. The number of rotatable bonds is 11. The molecule has 1 aliphatic carbocycles. The molecule has 1 aliphatic rings. The largest absolute Gasteiger partial charge is 0.468 e. The Kier molecular flexibility index (Phi) is 10.9. The van der Waals surface area contributed by atoms with E-state index in [4.69, 9.17) is 9.15 Å². The number of furan rings is 1. The summed E-state index contributed by atoms with van der Waals surface area (Å²) in [6.07, 6.45) is 6.79. The summed E-state index contributed by atoms with van der Waals surface area (Å²) in [7, 11) is -3.84. The maximum Gasteiger partial charge on any atom is 0.410 e. The number of benzene rings is 4. The third-order valence-corrected chi connectivity index (χ3v) is 10.9. The standard InChI is InChI=1S/C42H46N2O5S/c1-42(2,3)49-41(45)44(38-13-8-5-9-14-38)30-33-18-22-36(23-19-33)35-20-16-32(17-21-35)29-43(31-39-15-10-28-48-39)50(46,47)40-26-24-37(25-27-40)34-11-6-4-7-12-34/h4,6-7,10-12,15-28,38H,5,8-9,13-14,29-31H2,1-3H3. The number of carbonyl (C=O) groups excluding carboxylic acids is 1. The molecule has 50 heavy (non-hydrogen) atoms. The number of ether oxygens (including phenoxy) is 1. The smallest absolute Gasteiger partial charge is 0.410 e. The van der Waals surface area contributed by atoms with Crippen molar-refractivity contribution in [3.63, 3.8) is 0 Å². The molecule has 1 saturated carbocycles. The van der Waals surface area contributed by atoms with Crippen molar-refractivity contribution in [1.82, 2.24) is 9.21 Å². The first kappa shape index (κ1) is 35.2. The van der Waals surface area contributed by atoms with Crippen molar-refractivity contribution in [2.75, 3.05) is 0 Å². The summed E-state index contributed by atoms with van der Waals surface area (Å²) in [5, 5.41) is 0. The summed E-state index contributed by atoms with van der Waals surface area (Å²) in [6, 6.07) is 36.9. The SMILES string of the molecule is CC(C)(C)OC(=O)N(Cc1ccc(-c2ccc(CN(Cc3ccco3)S(=O)(=O)c3ccc(-c4ccccc4)cc3)cc2)cc1)C1CCCCC1. The summed E-state index contributed by atoms with van der Waals surface area (Å²) in [4.78, 5) is 15.4. The fourth-order valence-electron chi connectivity index (χ4n) is 6.46. The van der Waals surface area contributed by atoms with Gasteiger partial charge in [0.25, 0.3) is 0 Å². The van der Waals surface area contributed by atoms with Gasteiger partial charge in [0, 0.05) is 19.1 Å². The van der Waals surface area contributed by atoms with E-state index in [9.17, 15) is 13.2 Å². The molecule has 0 bridgehead atoms. The first-order valence-electron chi connectivity index (χ1n) is 17.4. The molecule has 1 heterocycles. The molecule has 6 rings (SSSR count). The van der Waals surface area contributed by atoms with Crippen LogP contribution in [0.3, 0.4) is 0 Å². The van der Waals surface area contributed by atoms with Gasteiger partial charge in [0.15, 0.2) is 0 Å². The van der Waals surface area contributed by atoms with Crippen LogP contribution in [0.15, 0.2) is 131 Å². The Bertz CT molecular complexity index is 1930. The lowest BCUT2D eigenvalue weighted by Gasteiger charge is -2.35. The fraction of sp³-hybridized carbons (Fsp3) is 0.310. The first-order chi connectivity index (χ1) is 24.0. The van der Waals surface area contributed by atoms with E-state index in [1.165, 1.54) is 10.7 Å². The Labute approximate surface area is 296 Å². The van der Waals surface area contributed by atoms with Gasteiger partial charge in [-0.15, -0.1) is 0 Å². The lowest BCUT2D eigenvalue weighted by Crippen LogP contribution is -2.43. The van der Waals surface area contributed by atoms with Gasteiger partial charge in [-0.1, -0.05) is 110 Å². The Morgan fingerprint density at radius 1 is 0.680 bits per heavy atom. The highest BCUT2D eigenvalue weighted by atomic mass is 32.2. The van der Waals surface area contributed by atoms with Gasteiger partial charge in [-0.25, -0.2) is 13.2 Å². The summed E-state index contributed by atoms with van der Waals surface area (Å²) in [5.74, 6) is 0.569. The molecule has 0 saturated heterocycles. The highest BCUT2D eigenvalue weighted by Gasteiger charge is 2.30. The minimum Gasteiger partial charge on any atom is -0.468 e. The predicted octanol–water partition coefficient (Wildman–Crippen LogP) is 10.1. The van der Waals surface area contributed by atoms with Crippen LogP contribution in [0.2, 0.25) is 0 Å². The molecule has 1 aromatic heterocycles. The molecular formula is C42H46N2O5S. The van der Waals surface area contributed by atoms with Crippen LogP contribution in [0.1, 0.15) is 69.8 Å². The third-order valence-electron chi connectivity index (χ3n) is 9.11. The van der Waals surface area contributed by atoms with E-state index in [-0.39, 0.29) is 30.1 Å². The normalized spacial score (nSPS) is 14.1. The second-order valence-electron chi connectivity index (χ2n) is 14.0. The zero-order chi connectivity index (χ0) is 35.1. The van der Waals surface area contributed by atoms with E-state index in [1.807, 2.05) is 92.4 Å². The molecule has 1 fully saturated rings. The van der Waals surface area contributed by atoms with Gasteiger partial charge in [0.2, 0.25) is 10.0 Å². The Morgan fingerprint density at radius 2 is 1.22 bits per heavy atom. The third kappa shape index (κ3) is 8.92. The quantitative estimate of drug-likeness (QED) is 0.138. The van der Waals surface area contributed by atoms with Crippen molar-refractivity contribution >= 4 is 16.1 Å². The van der Waals surface area contributed by atoms with Crippen LogP contribution >= 0.6 is 0 Å². The summed E-state index contributed by atoms with van der Waals surface area (Å²) >= 11 is 0. The lowest BCUT2D eigenvalue weighted by molar-refractivity contribution is 0.00988. The average Bonchev–Trinajstić information content (AvgIpc) is 3.64. The predicted molar refractivity (Wildman–Crippen MR) is 198 cm³/mol. The number of amides is 1. The molecule has 7 nitrogen and oxygen atoms in total. The molecule has 0 aliphatic heterocycles. The molecule has 1 amide bonds. The topological polar surface area (TPSA) is 80.1 Å². The fourth-order valence-corrected chi connectivity index (χ4v) is 7.86. The Hall–Kier alpha value is -4.66. The van der Waals surface area contributed by atoms with Gasteiger partial charge in [-0.3, -0.25) is 0 Å². The van der Waals surface area contributed by atoms with Crippen molar-refractivity contribution in [3.05, 3.63) is 138 Å². The average molecular weight is 691 g/mol. The van der Waals surface area contributed by atoms with Crippen LogP contribution in [-0.2, 0) is 34.4 Å². The summed E-state index contributed by atoms with van der Waals surface area (Å²) in [6.45, 7) is 6.53. The van der Waals surface area contributed by atoms with Crippen LogP contribution in [0.5, 0.6) is 0 Å². The van der Waals surface area contributed by atoms with Crippen LogP contribution < -0.4 is 0 Å². The molecule has 0 unspecified atom stereocenters. The van der Waals surface area contributed by atoms with Crippen molar-refractivity contribution in [1.29, 1.82) is 0 Å². The van der Waals surface area contributed by atoms with Crippen molar-refractivity contribution < 1.29 is 22.4 Å². The molecular weight excluding hydrogens is 645 g/mol. The van der Waals surface area contributed by atoms with Gasteiger partial charge in [0.1, 0.15) is 11.4 Å². The van der Waals surface area contributed by atoms with E-state index in [0.29, 0.717) is 12.3 Å². The Morgan fingerprint density at radius 3 is 1.76 bits per heavy atom. The molecule has 0 radical (unpaired) electrons. The van der Waals surface area contributed by atoms with Crippen LogP contribution in [-0.4, -0.2) is 35.4 Å². The molecule has 8 heteroatoms. The highest BCUT2D eigenvalue weighted by Crippen LogP contribution is 2.29.